The number of carbonyl (C=O) groups excluding carboxylic acids is 1. The van der Waals surface area contributed by atoms with Gasteiger partial charge in [-0.15, -0.1) is 22.7 Å². The summed E-state index contributed by atoms with van der Waals surface area (Å²) in [5, 5.41) is 2.41. The van der Waals surface area contributed by atoms with Crippen molar-refractivity contribution in [3.8, 4) is 0 Å². The fourth-order valence-corrected chi connectivity index (χ4v) is 8.30. The molecule has 0 bridgehead atoms. The maximum atomic E-state index is 12.6. The molecule has 1 N–H and O–H groups in total. The smallest absolute Gasteiger partial charge is 0.309 e. The van der Waals surface area contributed by atoms with Crippen LogP contribution in [0.2, 0.25) is 0 Å². The van der Waals surface area contributed by atoms with Crippen LogP contribution in [-0.4, -0.2) is 41.7 Å². The number of hydrogen-bond acceptors (Lipinski definition) is 8. The van der Waals surface area contributed by atoms with Gasteiger partial charge in [0, 0.05) is 18.0 Å². The number of aryl methyl sites for hydroxylation is 2. The van der Waals surface area contributed by atoms with E-state index in [4.69, 9.17) is 4.74 Å². The highest BCUT2D eigenvalue weighted by molar-refractivity contribution is 7.91. The third-order valence-corrected chi connectivity index (χ3v) is 10.6. The highest BCUT2D eigenvalue weighted by Gasteiger charge is 2.33. The number of ether oxygens (including phenoxy) is 1. The predicted octanol–water partition coefficient (Wildman–Crippen LogP) is 3.07. The van der Waals surface area contributed by atoms with Gasteiger partial charge in [0.15, 0.2) is 0 Å². The molecule has 11 heteroatoms. The number of carbonyl (C=O) groups is 1. The third kappa shape index (κ3) is 4.02. The van der Waals surface area contributed by atoms with Gasteiger partial charge in [-0.25, -0.2) is 13.4 Å². The zero-order valence-corrected chi connectivity index (χ0v) is 19.8. The van der Waals surface area contributed by atoms with E-state index >= 15 is 0 Å². The quantitative estimate of drug-likeness (QED) is 0.547. The molecule has 0 amide bonds. The Morgan fingerprint density at radius 1 is 1.25 bits per heavy atom. The van der Waals surface area contributed by atoms with Gasteiger partial charge in [-0.05, 0) is 55.5 Å². The van der Waals surface area contributed by atoms with Gasteiger partial charge in [-0.3, -0.25) is 9.59 Å². The molecule has 3 aromatic heterocycles. The van der Waals surface area contributed by atoms with Crippen LogP contribution in [-0.2, 0) is 39.0 Å². The van der Waals surface area contributed by atoms with Gasteiger partial charge in [0.05, 0.1) is 11.3 Å². The number of H-pyrrole nitrogens is 1. The second kappa shape index (κ2) is 8.69. The topological polar surface area (TPSA) is 109 Å². The van der Waals surface area contributed by atoms with Crippen molar-refractivity contribution < 1.29 is 17.9 Å². The van der Waals surface area contributed by atoms with Crippen molar-refractivity contribution in [3.05, 3.63) is 44.1 Å². The second-order valence-corrected chi connectivity index (χ2v) is 12.3. The van der Waals surface area contributed by atoms with Crippen molar-refractivity contribution in [3.63, 3.8) is 0 Å². The summed E-state index contributed by atoms with van der Waals surface area (Å²) in [6.07, 6.45) is 4.94. The zero-order chi connectivity index (χ0) is 22.3. The average molecular weight is 494 g/mol. The lowest BCUT2D eigenvalue weighted by atomic mass is 9.97. The van der Waals surface area contributed by atoms with Gasteiger partial charge in [0.25, 0.3) is 15.6 Å². The Hall–Kier alpha value is -2.08. The van der Waals surface area contributed by atoms with E-state index in [9.17, 15) is 18.0 Å². The van der Waals surface area contributed by atoms with Crippen LogP contribution in [0.1, 0.15) is 41.9 Å². The van der Waals surface area contributed by atoms with Crippen LogP contribution >= 0.6 is 22.7 Å². The number of sulfonamides is 1. The van der Waals surface area contributed by atoms with E-state index < -0.39 is 10.0 Å². The molecule has 1 saturated heterocycles. The van der Waals surface area contributed by atoms with Crippen LogP contribution in [0.4, 0.5) is 0 Å². The van der Waals surface area contributed by atoms with E-state index in [-0.39, 0.29) is 37.1 Å². The van der Waals surface area contributed by atoms with E-state index in [1.54, 1.807) is 28.8 Å². The number of piperidine rings is 1. The Bertz CT molecular complexity index is 1300. The molecule has 8 nitrogen and oxygen atoms in total. The molecule has 0 radical (unpaired) electrons. The fraction of sp³-hybridized carbons (Fsp3) is 0.476. The molecular weight excluding hydrogens is 470 g/mol. The maximum Gasteiger partial charge on any atom is 0.309 e. The molecule has 170 valence electrons. The fourth-order valence-electron chi connectivity index (χ4n) is 4.40. The number of fused-ring (bicyclic) bond motifs is 3. The number of thiophene rings is 2. The van der Waals surface area contributed by atoms with Crippen LogP contribution in [0.15, 0.2) is 26.5 Å². The molecule has 1 fully saturated rings. The molecule has 5 rings (SSSR count). The standard InChI is InChI=1S/C21H23N3O5S3/c25-19-18-14-4-1-2-5-15(14)31-20(18)23-16(22-19)12-29-21(26)13-7-9-24(10-8-13)32(27,28)17-6-3-11-30-17/h3,6,11,13H,1-2,4-5,7-10,12H2,(H,22,23,25). The molecule has 0 aromatic carbocycles. The molecule has 0 atom stereocenters. The van der Waals surface area contributed by atoms with Crippen LogP contribution in [0, 0.1) is 5.92 Å². The Kier molecular flexibility index (Phi) is 5.91. The van der Waals surface area contributed by atoms with Crippen LogP contribution < -0.4 is 5.56 Å². The van der Waals surface area contributed by atoms with Gasteiger partial charge >= 0.3 is 5.97 Å². The summed E-state index contributed by atoms with van der Waals surface area (Å²) < 4.78 is 32.4. The SMILES string of the molecule is O=C(OCc1nc2sc3c(c2c(=O)[nH]1)CCCC3)C1CCN(S(=O)(=O)c2cccs2)CC1. The number of rotatable bonds is 5. The predicted molar refractivity (Wildman–Crippen MR) is 122 cm³/mol. The largest absolute Gasteiger partial charge is 0.457 e. The Labute approximate surface area is 193 Å². The molecule has 32 heavy (non-hydrogen) atoms. The summed E-state index contributed by atoms with van der Waals surface area (Å²) in [6, 6.07) is 3.30. The first-order chi connectivity index (χ1) is 15.4. The summed E-state index contributed by atoms with van der Waals surface area (Å²) in [5.74, 6) is -0.409. The van der Waals surface area contributed by atoms with Crippen molar-refractivity contribution in [1.82, 2.24) is 14.3 Å². The zero-order valence-electron chi connectivity index (χ0n) is 17.3. The number of nitrogens with one attached hydrogen (secondary N) is 1. The molecular formula is C21H23N3O5S3. The average Bonchev–Trinajstić information content (AvgIpc) is 3.46. The molecule has 4 heterocycles. The number of aromatic amines is 1. The Morgan fingerprint density at radius 2 is 2.03 bits per heavy atom. The van der Waals surface area contributed by atoms with Gasteiger partial charge in [-0.1, -0.05) is 6.07 Å². The summed E-state index contributed by atoms with van der Waals surface area (Å²) in [4.78, 5) is 34.4. The van der Waals surface area contributed by atoms with Crippen LogP contribution in [0.3, 0.4) is 0 Å². The molecule has 1 aliphatic heterocycles. The Morgan fingerprint density at radius 3 is 2.78 bits per heavy atom. The highest BCUT2D eigenvalue weighted by atomic mass is 32.2. The lowest BCUT2D eigenvalue weighted by Gasteiger charge is -2.29. The van der Waals surface area contributed by atoms with Gasteiger partial charge < -0.3 is 9.72 Å². The monoisotopic (exact) mass is 493 g/mol. The first-order valence-electron chi connectivity index (χ1n) is 10.7. The number of esters is 1. The van der Waals surface area contributed by atoms with Crippen molar-refractivity contribution in [2.24, 2.45) is 5.92 Å². The van der Waals surface area contributed by atoms with Crippen molar-refractivity contribution in [2.75, 3.05) is 13.1 Å². The van der Waals surface area contributed by atoms with E-state index in [1.165, 1.54) is 20.5 Å². The van der Waals surface area contributed by atoms with Crippen molar-refractivity contribution >= 4 is 48.9 Å². The number of hydrogen-bond donors (Lipinski definition) is 1. The number of nitrogens with zero attached hydrogens (tertiary/aromatic N) is 2. The summed E-state index contributed by atoms with van der Waals surface area (Å²) in [7, 11) is -3.50. The molecule has 0 saturated carbocycles. The summed E-state index contributed by atoms with van der Waals surface area (Å²) in [5.41, 5.74) is 0.949. The maximum absolute atomic E-state index is 12.6. The van der Waals surface area contributed by atoms with E-state index in [2.05, 4.69) is 9.97 Å². The molecule has 2 aliphatic rings. The lowest BCUT2D eigenvalue weighted by Crippen LogP contribution is -2.40. The molecule has 1 aliphatic carbocycles. The van der Waals surface area contributed by atoms with Crippen molar-refractivity contribution in [2.45, 2.75) is 49.3 Å². The van der Waals surface area contributed by atoms with E-state index in [0.717, 1.165) is 31.2 Å². The Balaban J connectivity index is 1.21. The number of aromatic nitrogens is 2. The second-order valence-electron chi connectivity index (χ2n) is 8.12. The van der Waals surface area contributed by atoms with Gasteiger partial charge in [0.1, 0.15) is 21.5 Å². The molecule has 3 aromatic rings. The minimum absolute atomic E-state index is 0.0969. The first kappa shape index (κ1) is 21.7. The first-order valence-corrected chi connectivity index (χ1v) is 13.8. The lowest BCUT2D eigenvalue weighted by molar-refractivity contribution is -0.151. The van der Waals surface area contributed by atoms with Crippen molar-refractivity contribution in [1.29, 1.82) is 0 Å². The van der Waals surface area contributed by atoms with E-state index in [1.807, 2.05) is 0 Å². The normalized spacial score (nSPS) is 18.0. The van der Waals surface area contributed by atoms with Crippen LogP contribution in [0.5, 0.6) is 0 Å². The van der Waals surface area contributed by atoms with Gasteiger partial charge in [-0.2, -0.15) is 4.31 Å². The van der Waals surface area contributed by atoms with Crippen LogP contribution in [0.25, 0.3) is 10.2 Å². The summed E-state index contributed by atoms with van der Waals surface area (Å²) in [6.45, 7) is 0.462. The van der Waals surface area contributed by atoms with Gasteiger partial charge in [0.2, 0.25) is 0 Å². The minimum Gasteiger partial charge on any atom is -0.457 e. The molecule has 0 spiro atoms. The third-order valence-electron chi connectivity index (χ3n) is 6.10. The molecule has 0 unspecified atom stereocenters. The van der Waals surface area contributed by atoms with E-state index in [0.29, 0.717) is 33.1 Å². The minimum atomic E-state index is -3.50. The highest BCUT2D eigenvalue weighted by Crippen LogP contribution is 2.33. The summed E-state index contributed by atoms with van der Waals surface area (Å²) >= 11 is 2.75.